The van der Waals surface area contributed by atoms with Gasteiger partial charge in [0.2, 0.25) is 0 Å². The SMILES string of the molecule is CC1(C)C(/C=C2/C(=O)C(C[C@@H]3Nc4ccc(S(=O)(=O)O)cc4C3(C)C)=C2O)=Nc2ccc(SOOO)cc21. The molecule has 0 spiro atoms. The minimum Gasteiger partial charge on any atom is -0.507 e. The van der Waals surface area contributed by atoms with Gasteiger partial charge in [0.05, 0.1) is 33.9 Å². The second-order valence-corrected chi connectivity index (χ2v) is 12.7. The standard InChI is InChI=1S/C26H26N2O8S2/c1-25(2)17-9-13(37-36-35-31)5-7-19(17)27-21(25)11-15-23(29)16(24(15)30)12-22-26(3,4)18-10-14(38(32,33)34)6-8-20(18)28-22/h5-11,22,28-29,31H,12H2,1-4H3,(H,32,33,34)/b15-11+/t22-/m0/s1. The summed E-state index contributed by atoms with van der Waals surface area (Å²) in [5.74, 6) is -0.352. The van der Waals surface area contributed by atoms with Gasteiger partial charge in [-0.25, -0.2) is 5.26 Å². The normalized spacial score (nSPS) is 22.2. The molecule has 0 fully saturated rings. The third-order valence-electron chi connectivity index (χ3n) is 7.62. The van der Waals surface area contributed by atoms with Crippen LogP contribution in [0.5, 0.6) is 0 Å². The average molecular weight is 559 g/mol. The molecule has 200 valence electrons. The van der Waals surface area contributed by atoms with Crippen LogP contribution in [0.1, 0.15) is 45.2 Å². The molecule has 2 heterocycles. The van der Waals surface area contributed by atoms with Gasteiger partial charge in [-0.1, -0.05) is 32.7 Å². The summed E-state index contributed by atoms with van der Waals surface area (Å²) in [5, 5.41) is 26.3. The van der Waals surface area contributed by atoms with E-state index in [0.717, 1.165) is 23.3 Å². The fourth-order valence-electron chi connectivity index (χ4n) is 5.19. The topological polar surface area (TPSA) is 155 Å². The fraction of sp³-hybridized carbons (Fsp3) is 0.308. The minimum atomic E-state index is -4.35. The van der Waals surface area contributed by atoms with Crippen LogP contribution in [0.15, 0.2) is 74.2 Å². The van der Waals surface area contributed by atoms with Gasteiger partial charge >= 0.3 is 0 Å². The van der Waals surface area contributed by atoms with Crippen molar-refractivity contribution in [2.75, 3.05) is 5.32 Å². The molecule has 2 aromatic carbocycles. The number of nitrogens with zero attached hydrogens (tertiary/aromatic N) is 1. The molecule has 12 heteroatoms. The molecule has 0 unspecified atom stereocenters. The van der Waals surface area contributed by atoms with Crippen LogP contribution in [0.2, 0.25) is 0 Å². The average Bonchev–Trinajstić information content (AvgIpc) is 3.26. The first-order valence-corrected chi connectivity index (χ1v) is 13.9. The predicted octanol–water partition coefficient (Wildman–Crippen LogP) is 5.21. The van der Waals surface area contributed by atoms with Crippen LogP contribution in [0, 0.1) is 0 Å². The van der Waals surface area contributed by atoms with Crippen molar-refractivity contribution in [2.24, 2.45) is 4.99 Å². The third-order valence-corrected chi connectivity index (χ3v) is 9.04. The molecule has 0 amide bonds. The summed E-state index contributed by atoms with van der Waals surface area (Å²) in [4.78, 5) is 18.3. The smallest absolute Gasteiger partial charge is 0.294 e. The molecule has 1 aliphatic carbocycles. The minimum absolute atomic E-state index is 0.0821. The number of fused-ring (bicyclic) bond motifs is 2. The molecule has 0 saturated heterocycles. The first kappa shape index (κ1) is 26.6. The van der Waals surface area contributed by atoms with Gasteiger partial charge < -0.3 is 10.4 Å². The number of benzene rings is 2. The quantitative estimate of drug-likeness (QED) is 0.117. The van der Waals surface area contributed by atoms with Crippen molar-refractivity contribution in [2.45, 2.75) is 60.8 Å². The number of nitrogens with one attached hydrogen (secondary N) is 1. The van der Waals surface area contributed by atoms with E-state index in [9.17, 15) is 22.9 Å². The van der Waals surface area contributed by atoms with Gasteiger partial charge in [0.1, 0.15) is 5.76 Å². The van der Waals surface area contributed by atoms with Gasteiger partial charge in [-0.3, -0.25) is 14.3 Å². The number of aliphatic hydroxyl groups excluding tert-OH is 1. The van der Waals surface area contributed by atoms with E-state index in [-0.39, 0.29) is 34.5 Å². The lowest BCUT2D eigenvalue weighted by atomic mass is 9.74. The highest BCUT2D eigenvalue weighted by Crippen LogP contribution is 2.47. The number of aliphatic hydroxyl groups is 1. The molecular formula is C26H26N2O8S2. The molecule has 1 atom stereocenters. The lowest BCUT2D eigenvalue weighted by Crippen LogP contribution is -2.37. The maximum atomic E-state index is 13.1. The van der Waals surface area contributed by atoms with Gasteiger partial charge in [-0.05, 0) is 53.6 Å². The summed E-state index contributed by atoms with van der Waals surface area (Å²) in [6, 6.07) is 9.48. The highest BCUT2D eigenvalue weighted by atomic mass is 32.2. The van der Waals surface area contributed by atoms with Gasteiger partial charge in [0.15, 0.2) is 5.78 Å². The summed E-state index contributed by atoms with van der Waals surface area (Å²) in [6.07, 6.45) is 1.84. The highest BCUT2D eigenvalue weighted by Gasteiger charge is 2.45. The molecule has 10 nitrogen and oxygen atoms in total. The molecule has 5 rings (SSSR count). The Morgan fingerprint density at radius 3 is 2.53 bits per heavy atom. The van der Waals surface area contributed by atoms with Crippen molar-refractivity contribution >= 4 is 45.0 Å². The van der Waals surface area contributed by atoms with E-state index >= 15 is 0 Å². The molecular weight excluding hydrogens is 532 g/mol. The van der Waals surface area contributed by atoms with Crippen LogP contribution in [0.4, 0.5) is 11.4 Å². The highest BCUT2D eigenvalue weighted by molar-refractivity contribution is 7.94. The monoisotopic (exact) mass is 558 g/mol. The maximum Gasteiger partial charge on any atom is 0.294 e. The van der Waals surface area contributed by atoms with Crippen LogP contribution in [0.3, 0.4) is 0 Å². The van der Waals surface area contributed by atoms with Gasteiger partial charge in [-0.2, -0.15) is 8.42 Å². The number of carbonyl (C=O) groups is 1. The van der Waals surface area contributed by atoms with Crippen molar-refractivity contribution in [3.63, 3.8) is 0 Å². The summed E-state index contributed by atoms with van der Waals surface area (Å²) < 4.78 is 37.2. The molecule has 0 radical (unpaired) electrons. The van der Waals surface area contributed by atoms with E-state index in [4.69, 9.17) is 5.26 Å². The number of hydrogen-bond donors (Lipinski definition) is 4. The van der Waals surface area contributed by atoms with Crippen molar-refractivity contribution in [3.8, 4) is 0 Å². The number of allylic oxidation sites excluding steroid dienone is 2. The fourth-order valence-corrected chi connectivity index (χ4v) is 6.09. The zero-order valence-corrected chi connectivity index (χ0v) is 22.6. The number of ketones is 1. The first-order chi connectivity index (χ1) is 17.7. The van der Waals surface area contributed by atoms with Crippen LogP contribution in [-0.2, 0) is 35.1 Å². The number of carbonyl (C=O) groups excluding carboxylic acids is 1. The molecule has 0 saturated carbocycles. The van der Waals surface area contributed by atoms with Crippen molar-refractivity contribution < 1.29 is 37.5 Å². The lowest BCUT2D eigenvalue weighted by molar-refractivity contribution is -0.432. The molecule has 0 bridgehead atoms. The van der Waals surface area contributed by atoms with Crippen LogP contribution >= 0.6 is 12.0 Å². The maximum absolute atomic E-state index is 13.1. The largest absolute Gasteiger partial charge is 0.507 e. The van der Waals surface area contributed by atoms with Gasteiger partial charge in [-0.15, -0.1) is 4.33 Å². The number of rotatable bonds is 7. The molecule has 2 aliphatic heterocycles. The molecule has 4 N–H and O–H groups in total. The van der Waals surface area contributed by atoms with Gasteiger partial charge in [0.25, 0.3) is 10.1 Å². The number of Topliss-reactive ketones (excluding diaryl/α,β-unsaturated/α-hetero) is 1. The Kier molecular flexibility index (Phi) is 6.33. The Hall–Kier alpha value is -3.00. The molecule has 0 aromatic heterocycles. The Labute approximate surface area is 223 Å². The van der Waals surface area contributed by atoms with E-state index in [1.807, 2.05) is 33.8 Å². The Bertz CT molecular complexity index is 1570. The second kappa shape index (κ2) is 9.04. The first-order valence-electron chi connectivity index (χ1n) is 11.7. The van der Waals surface area contributed by atoms with Crippen LogP contribution in [0.25, 0.3) is 0 Å². The number of hydrogen-bond acceptors (Lipinski definition) is 10. The van der Waals surface area contributed by atoms with Crippen molar-refractivity contribution in [3.05, 3.63) is 70.5 Å². The molecule has 2 aromatic rings. The zero-order chi connectivity index (χ0) is 27.6. The Morgan fingerprint density at radius 1 is 1.13 bits per heavy atom. The van der Waals surface area contributed by atoms with Gasteiger partial charge in [0, 0.05) is 39.4 Å². The number of anilines is 1. The molecule has 38 heavy (non-hydrogen) atoms. The van der Waals surface area contributed by atoms with Crippen LogP contribution < -0.4 is 5.32 Å². The van der Waals surface area contributed by atoms with E-state index in [1.165, 1.54) is 12.1 Å². The van der Waals surface area contributed by atoms with Crippen molar-refractivity contribution in [1.29, 1.82) is 0 Å². The zero-order valence-electron chi connectivity index (χ0n) is 21.0. The third kappa shape index (κ3) is 4.27. The van der Waals surface area contributed by atoms with E-state index in [0.29, 0.717) is 27.4 Å². The lowest BCUT2D eigenvalue weighted by Gasteiger charge is -2.31. The van der Waals surface area contributed by atoms with Crippen LogP contribution in [-0.4, -0.2) is 40.9 Å². The second-order valence-electron chi connectivity index (χ2n) is 10.5. The Balaban J connectivity index is 1.38. The Morgan fingerprint density at radius 2 is 1.87 bits per heavy atom. The molecule has 3 aliphatic rings. The summed E-state index contributed by atoms with van der Waals surface area (Å²) in [7, 11) is -4.35. The van der Waals surface area contributed by atoms with E-state index in [1.54, 1.807) is 24.3 Å². The van der Waals surface area contributed by atoms with E-state index in [2.05, 4.69) is 19.7 Å². The summed E-state index contributed by atoms with van der Waals surface area (Å²) >= 11 is 0.843. The van der Waals surface area contributed by atoms with Crippen molar-refractivity contribution in [1.82, 2.24) is 0 Å². The summed E-state index contributed by atoms with van der Waals surface area (Å²) in [5.41, 5.74) is 2.99. The predicted molar refractivity (Wildman–Crippen MR) is 141 cm³/mol. The number of aliphatic imine (C=N–C) groups is 1. The summed E-state index contributed by atoms with van der Waals surface area (Å²) in [6.45, 7) is 7.75. The van der Waals surface area contributed by atoms with E-state index < -0.39 is 20.9 Å².